The number of hydrogen-bond acceptors (Lipinski definition) is 6. The topological polar surface area (TPSA) is 106 Å². The van der Waals surface area contributed by atoms with E-state index in [0.717, 1.165) is 23.2 Å². The number of hydrogen-bond donors (Lipinski definition) is 1. The summed E-state index contributed by atoms with van der Waals surface area (Å²) in [5, 5.41) is 1.91. The van der Waals surface area contributed by atoms with E-state index in [-0.39, 0.29) is 30.8 Å². The molecule has 1 aromatic heterocycles. The Balaban J connectivity index is 1.96. The van der Waals surface area contributed by atoms with E-state index in [1.165, 1.54) is 12.1 Å². The number of alkyl carbamates (subject to hydrolysis) is 1. The number of pyridine rings is 1. The largest absolute Gasteiger partial charge is 0.444 e. The van der Waals surface area contributed by atoms with Gasteiger partial charge in [0.2, 0.25) is 9.84 Å². The molecule has 3 rings (SSSR count). The van der Waals surface area contributed by atoms with Crippen molar-refractivity contribution in [3.8, 4) is 0 Å². The first kappa shape index (κ1) is 24.5. The zero-order valence-corrected chi connectivity index (χ0v) is 18.9. The van der Waals surface area contributed by atoms with Crippen molar-refractivity contribution in [1.82, 2.24) is 10.3 Å². The minimum Gasteiger partial charge on any atom is -0.444 e. The summed E-state index contributed by atoms with van der Waals surface area (Å²) < 4.78 is 71.3. The highest BCUT2D eigenvalue weighted by atomic mass is 32.2. The van der Waals surface area contributed by atoms with Gasteiger partial charge < -0.3 is 15.0 Å². The number of amides is 2. The third-order valence-corrected chi connectivity index (χ3v) is 6.34. The fourth-order valence-electron chi connectivity index (χ4n) is 3.22. The molecule has 33 heavy (non-hydrogen) atoms. The lowest BCUT2D eigenvalue weighted by Gasteiger charge is -2.24. The predicted octanol–water partition coefficient (Wildman–Crippen LogP) is 3.81. The molecule has 178 valence electrons. The number of carbonyl (C=O) groups is 2. The maximum absolute atomic E-state index is 13.3. The van der Waals surface area contributed by atoms with Crippen LogP contribution < -0.4 is 10.2 Å². The quantitative estimate of drug-likeness (QED) is 0.661. The maximum atomic E-state index is 13.3. The highest BCUT2D eigenvalue weighted by Gasteiger charge is 2.39. The SMILES string of the molecule is CC(C)(C)OC(=O)NCCCN1C(=O)c2cccnc2S(=O)(=O)c2cc(C(F)(F)F)ccc21. The Labute approximate surface area is 188 Å². The van der Waals surface area contributed by atoms with Crippen molar-refractivity contribution in [2.75, 3.05) is 18.0 Å². The van der Waals surface area contributed by atoms with E-state index in [1.54, 1.807) is 20.8 Å². The van der Waals surface area contributed by atoms with Gasteiger partial charge in [-0.05, 0) is 57.5 Å². The van der Waals surface area contributed by atoms with Crippen LogP contribution in [-0.2, 0) is 20.8 Å². The average Bonchev–Trinajstić information content (AvgIpc) is 2.77. The molecule has 2 aromatic rings. The van der Waals surface area contributed by atoms with E-state index in [4.69, 9.17) is 4.74 Å². The molecule has 1 aromatic carbocycles. The average molecular weight is 485 g/mol. The number of rotatable bonds is 4. The Morgan fingerprint density at radius 1 is 1.18 bits per heavy atom. The van der Waals surface area contributed by atoms with Crippen LogP contribution in [0.1, 0.15) is 43.1 Å². The molecule has 0 bridgehead atoms. The van der Waals surface area contributed by atoms with Gasteiger partial charge in [-0.3, -0.25) is 4.79 Å². The first-order valence-corrected chi connectivity index (χ1v) is 11.4. The number of nitrogens with one attached hydrogen (secondary N) is 1. The summed E-state index contributed by atoms with van der Waals surface area (Å²) in [5.41, 5.74) is -2.31. The number of carbonyl (C=O) groups excluding carboxylic acids is 2. The number of aromatic nitrogens is 1. The number of sulfone groups is 1. The zero-order chi connectivity index (χ0) is 24.6. The Hall–Kier alpha value is -3.15. The third kappa shape index (κ3) is 5.27. The molecular weight excluding hydrogens is 463 g/mol. The predicted molar refractivity (Wildman–Crippen MR) is 112 cm³/mol. The second-order valence-corrected chi connectivity index (χ2v) is 10.1. The lowest BCUT2D eigenvalue weighted by molar-refractivity contribution is -0.137. The molecule has 0 saturated carbocycles. The van der Waals surface area contributed by atoms with Crippen molar-refractivity contribution in [3.63, 3.8) is 0 Å². The van der Waals surface area contributed by atoms with Gasteiger partial charge in [-0.25, -0.2) is 18.2 Å². The number of ether oxygens (including phenoxy) is 1. The van der Waals surface area contributed by atoms with Gasteiger partial charge in [0.1, 0.15) is 5.60 Å². The fraction of sp³-hybridized carbons (Fsp3) is 0.381. The van der Waals surface area contributed by atoms with Gasteiger partial charge >= 0.3 is 12.3 Å². The summed E-state index contributed by atoms with van der Waals surface area (Å²) in [6.07, 6.45) is -4.12. The highest BCUT2D eigenvalue weighted by molar-refractivity contribution is 7.91. The van der Waals surface area contributed by atoms with E-state index >= 15 is 0 Å². The number of fused-ring (bicyclic) bond motifs is 2. The molecule has 0 atom stereocenters. The summed E-state index contributed by atoms with van der Waals surface area (Å²) in [6.45, 7) is 5.10. The van der Waals surface area contributed by atoms with Crippen LogP contribution in [0.4, 0.5) is 23.7 Å². The van der Waals surface area contributed by atoms with Crippen LogP contribution in [0.15, 0.2) is 46.5 Å². The number of alkyl halides is 3. The molecule has 0 saturated heterocycles. The van der Waals surface area contributed by atoms with Crippen molar-refractivity contribution in [1.29, 1.82) is 0 Å². The maximum Gasteiger partial charge on any atom is 0.416 e. The normalized spacial score (nSPS) is 15.3. The molecule has 0 unspecified atom stereocenters. The Morgan fingerprint density at radius 2 is 1.88 bits per heavy atom. The van der Waals surface area contributed by atoms with E-state index < -0.39 is 49.1 Å². The van der Waals surface area contributed by atoms with Crippen molar-refractivity contribution in [3.05, 3.63) is 47.7 Å². The van der Waals surface area contributed by atoms with Crippen LogP contribution in [0.3, 0.4) is 0 Å². The second-order valence-electron chi connectivity index (χ2n) is 8.28. The molecule has 12 heteroatoms. The van der Waals surface area contributed by atoms with Crippen LogP contribution in [0.5, 0.6) is 0 Å². The van der Waals surface area contributed by atoms with Gasteiger partial charge in [0, 0.05) is 19.3 Å². The molecule has 2 amide bonds. The lowest BCUT2D eigenvalue weighted by atomic mass is 10.1. The van der Waals surface area contributed by atoms with Crippen LogP contribution in [0.25, 0.3) is 0 Å². The number of benzene rings is 1. The number of halogens is 3. The van der Waals surface area contributed by atoms with Gasteiger partial charge in [-0.1, -0.05) is 0 Å². The molecule has 1 aliphatic heterocycles. The molecule has 0 spiro atoms. The van der Waals surface area contributed by atoms with Crippen LogP contribution in [-0.4, -0.2) is 44.1 Å². The summed E-state index contributed by atoms with van der Waals surface area (Å²) in [7, 11) is -4.51. The molecular formula is C21H22F3N3O5S. The van der Waals surface area contributed by atoms with Crippen LogP contribution in [0.2, 0.25) is 0 Å². The fourth-order valence-corrected chi connectivity index (χ4v) is 4.81. The molecule has 0 fully saturated rings. The van der Waals surface area contributed by atoms with Gasteiger partial charge in [0.15, 0.2) is 5.03 Å². The van der Waals surface area contributed by atoms with Crippen LogP contribution in [0, 0.1) is 0 Å². The number of anilines is 1. The minimum absolute atomic E-state index is 0.0726. The molecule has 1 aliphatic rings. The summed E-state index contributed by atoms with van der Waals surface area (Å²) in [5.74, 6) is -0.725. The van der Waals surface area contributed by atoms with E-state index in [2.05, 4.69) is 10.3 Å². The molecule has 2 heterocycles. The smallest absolute Gasteiger partial charge is 0.416 e. The van der Waals surface area contributed by atoms with E-state index in [0.29, 0.717) is 6.07 Å². The van der Waals surface area contributed by atoms with Crippen molar-refractivity contribution >= 4 is 27.5 Å². The minimum atomic E-state index is -4.78. The molecule has 8 nitrogen and oxygen atoms in total. The second kappa shape index (κ2) is 8.65. The number of nitrogens with zero attached hydrogens (tertiary/aromatic N) is 2. The Kier molecular flexibility index (Phi) is 6.42. The Bertz CT molecular complexity index is 1190. The Morgan fingerprint density at radius 3 is 2.52 bits per heavy atom. The van der Waals surface area contributed by atoms with E-state index in [1.807, 2.05) is 0 Å². The highest BCUT2D eigenvalue weighted by Crippen LogP contribution is 2.39. The van der Waals surface area contributed by atoms with Gasteiger partial charge in [0.05, 0.1) is 21.7 Å². The van der Waals surface area contributed by atoms with Crippen molar-refractivity contribution < 1.29 is 35.9 Å². The summed E-state index contributed by atoms with van der Waals surface area (Å²) in [6, 6.07) is 4.81. The monoisotopic (exact) mass is 485 g/mol. The standard InChI is InChI=1S/C21H22F3N3O5S/c1-20(2,3)32-19(29)26-10-5-11-27-15-8-7-13(21(22,23)24)12-16(15)33(30,31)17-14(18(27)28)6-4-9-25-17/h4,6-9,12H,5,10-11H2,1-3H3,(H,26,29). The lowest BCUT2D eigenvalue weighted by Crippen LogP contribution is -2.36. The summed E-state index contributed by atoms with van der Waals surface area (Å²) >= 11 is 0. The molecule has 0 aliphatic carbocycles. The third-order valence-electron chi connectivity index (χ3n) is 4.60. The van der Waals surface area contributed by atoms with Crippen LogP contribution >= 0.6 is 0 Å². The van der Waals surface area contributed by atoms with Gasteiger partial charge in [-0.2, -0.15) is 13.2 Å². The molecule has 1 N–H and O–H groups in total. The van der Waals surface area contributed by atoms with E-state index in [9.17, 15) is 31.2 Å². The van der Waals surface area contributed by atoms with Gasteiger partial charge in [-0.15, -0.1) is 0 Å². The van der Waals surface area contributed by atoms with Crippen molar-refractivity contribution in [2.24, 2.45) is 0 Å². The molecule has 0 radical (unpaired) electrons. The first-order chi connectivity index (χ1) is 15.2. The van der Waals surface area contributed by atoms with Crippen molar-refractivity contribution in [2.45, 2.75) is 48.9 Å². The van der Waals surface area contributed by atoms with Gasteiger partial charge in [0.25, 0.3) is 5.91 Å². The summed E-state index contributed by atoms with van der Waals surface area (Å²) in [4.78, 5) is 29.2. The zero-order valence-electron chi connectivity index (χ0n) is 18.1. The first-order valence-electron chi connectivity index (χ1n) is 9.92.